The Morgan fingerprint density at radius 2 is 1.53 bits per heavy atom. The SMILES string of the molecule is O=C(NC1(C(=O)O)CCc2ccccc21)OCC1c2ccccc2-c2ccccc21. The van der Waals surface area contributed by atoms with Crippen LogP contribution in [0, 0.1) is 0 Å². The molecule has 0 spiro atoms. The molecule has 5 rings (SSSR count). The number of carbonyl (C=O) groups excluding carboxylic acids is 1. The molecule has 0 radical (unpaired) electrons. The van der Waals surface area contributed by atoms with E-state index < -0.39 is 17.6 Å². The van der Waals surface area contributed by atoms with Crippen LogP contribution in [0.2, 0.25) is 0 Å². The molecule has 3 aromatic carbocycles. The van der Waals surface area contributed by atoms with Crippen LogP contribution in [0.4, 0.5) is 4.79 Å². The Labute approximate surface area is 174 Å². The van der Waals surface area contributed by atoms with Crippen molar-refractivity contribution in [1.29, 1.82) is 0 Å². The summed E-state index contributed by atoms with van der Waals surface area (Å²) in [6.07, 6.45) is 0.203. The summed E-state index contributed by atoms with van der Waals surface area (Å²) < 4.78 is 5.58. The number of aliphatic carboxylic acids is 1. The van der Waals surface area contributed by atoms with Crippen LogP contribution in [-0.4, -0.2) is 23.8 Å². The molecular weight excluding hydrogens is 378 g/mol. The van der Waals surface area contributed by atoms with Gasteiger partial charge in [0.25, 0.3) is 0 Å². The molecule has 2 aliphatic rings. The van der Waals surface area contributed by atoms with E-state index in [4.69, 9.17) is 4.74 Å². The number of carbonyl (C=O) groups is 2. The second-order valence-corrected chi connectivity index (χ2v) is 7.82. The monoisotopic (exact) mass is 399 g/mol. The van der Waals surface area contributed by atoms with Gasteiger partial charge in [0.2, 0.25) is 0 Å². The average Bonchev–Trinajstić information content (AvgIpc) is 3.29. The fraction of sp³-hybridized carbons (Fsp3) is 0.200. The zero-order valence-corrected chi connectivity index (χ0v) is 16.3. The molecule has 0 heterocycles. The largest absolute Gasteiger partial charge is 0.479 e. The minimum absolute atomic E-state index is 0.0696. The molecule has 1 unspecified atom stereocenters. The van der Waals surface area contributed by atoms with Gasteiger partial charge in [0.15, 0.2) is 5.54 Å². The quantitative estimate of drug-likeness (QED) is 0.680. The number of hydrogen-bond acceptors (Lipinski definition) is 3. The first-order valence-electron chi connectivity index (χ1n) is 10.0. The third-order valence-corrected chi connectivity index (χ3v) is 6.27. The van der Waals surface area contributed by atoms with Crippen molar-refractivity contribution in [3.63, 3.8) is 0 Å². The summed E-state index contributed by atoms with van der Waals surface area (Å²) in [4.78, 5) is 24.8. The van der Waals surface area contributed by atoms with E-state index in [1.165, 1.54) is 0 Å². The van der Waals surface area contributed by atoms with Gasteiger partial charge in [-0.25, -0.2) is 9.59 Å². The maximum Gasteiger partial charge on any atom is 0.408 e. The van der Waals surface area contributed by atoms with Crippen molar-refractivity contribution >= 4 is 12.1 Å². The minimum Gasteiger partial charge on any atom is -0.479 e. The van der Waals surface area contributed by atoms with Crippen LogP contribution >= 0.6 is 0 Å². The number of alkyl carbamates (subject to hydrolysis) is 1. The fourth-order valence-electron chi connectivity index (χ4n) is 4.83. The van der Waals surface area contributed by atoms with E-state index in [1.54, 1.807) is 12.1 Å². The summed E-state index contributed by atoms with van der Waals surface area (Å²) in [5.41, 5.74) is 4.66. The lowest BCUT2D eigenvalue weighted by molar-refractivity contribution is -0.145. The number of fused-ring (bicyclic) bond motifs is 4. The molecular formula is C25H21NO4. The third kappa shape index (κ3) is 2.77. The Kier molecular flexibility index (Phi) is 4.31. The van der Waals surface area contributed by atoms with Crippen LogP contribution in [0.5, 0.6) is 0 Å². The molecule has 0 bridgehead atoms. The summed E-state index contributed by atoms with van der Waals surface area (Å²) in [5, 5.41) is 12.6. The van der Waals surface area contributed by atoms with Gasteiger partial charge in [0.05, 0.1) is 0 Å². The molecule has 0 saturated heterocycles. The van der Waals surface area contributed by atoms with E-state index in [2.05, 4.69) is 17.4 Å². The second-order valence-electron chi connectivity index (χ2n) is 7.82. The highest BCUT2D eigenvalue weighted by molar-refractivity contribution is 5.87. The summed E-state index contributed by atoms with van der Waals surface area (Å²) in [7, 11) is 0. The average molecular weight is 399 g/mol. The number of nitrogens with one attached hydrogen (secondary N) is 1. The Hall–Kier alpha value is -3.60. The highest BCUT2D eigenvalue weighted by Crippen LogP contribution is 2.44. The molecule has 0 saturated carbocycles. The first kappa shape index (κ1) is 18.4. The van der Waals surface area contributed by atoms with E-state index in [1.807, 2.05) is 48.5 Å². The summed E-state index contributed by atoms with van der Waals surface area (Å²) in [5.74, 6) is -1.14. The van der Waals surface area contributed by atoms with Crippen molar-refractivity contribution in [3.05, 3.63) is 95.1 Å². The zero-order chi connectivity index (χ0) is 20.7. The van der Waals surface area contributed by atoms with Gasteiger partial charge in [-0.1, -0.05) is 72.8 Å². The van der Waals surface area contributed by atoms with Gasteiger partial charge in [-0.3, -0.25) is 0 Å². The molecule has 0 aromatic heterocycles. The lowest BCUT2D eigenvalue weighted by atomic mass is 9.92. The van der Waals surface area contributed by atoms with E-state index in [-0.39, 0.29) is 12.5 Å². The van der Waals surface area contributed by atoms with E-state index in [9.17, 15) is 14.7 Å². The lowest BCUT2D eigenvalue weighted by Gasteiger charge is -2.27. The molecule has 0 aliphatic heterocycles. The van der Waals surface area contributed by atoms with Gasteiger partial charge in [-0.05, 0) is 46.2 Å². The molecule has 0 fully saturated rings. The lowest BCUT2D eigenvalue weighted by Crippen LogP contribution is -2.50. The summed E-state index contributed by atoms with van der Waals surface area (Å²) in [6, 6.07) is 23.5. The van der Waals surface area contributed by atoms with Crippen LogP contribution in [-0.2, 0) is 21.5 Å². The van der Waals surface area contributed by atoms with Crippen LogP contribution in [0.15, 0.2) is 72.8 Å². The first-order valence-corrected chi connectivity index (χ1v) is 10.0. The van der Waals surface area contributed by atoms with Crippen LogP contribution in [0.3, 0.4) is 0 Å². The number of hydrogen-bond donors (Lipinski definition) is 2. The topological polar surface area (TPSA) is 75.6 Å². The van der Waals surface area contributed by atoms with Crippen LogP contribution in [0.1, 0.15) is 34.6 Å². The molecule has 5 heteroatoms. The highest BCUT2D eigenvalue weighted by atomic mass is 16.5. The van der Waals surface area contributed by atoms with Gasteiger partial charge in [-0.15, -0.1) is 0 Å². The minimum atomic E-state index is -1.45. The van der Waals surface area contributed by atoms with Crippen molar-refractivity contribution in [2.45, 2.75) is 24.3 Å². The van der Waals surface area contributed by atoms with Crippen LogP contribution in [0.25, 0.3) is 11.1 Å². The maximum atomic E-state index is 12.7. The van der Waals surface area contributed by atoms with E-state index >= 15 is 0 Å². The predicted molar refractivity (Wildman–Crippen MR) is 112 cm³/mol. The van der Waals surface area contributed by atoms with Gasteiger partial charge >= 0.3 is 12.1 Å². The van der Waals surface area contributed by atoms with E-state index in [0.717, 1.165) is 27.8 Å². The number of carboxylic acids is 1. The number of rotatable bonds is 4. The molecule has 1 atom stereocenters. The van der Waals surface area contributed by atoms with Gasteiger partial charge < -0.3 is 15.2 Å². The van der Waals surface area contributed by atoms with Crippen molar-refractivity contribution in [3.8, 4) is 11.1 Å². The molecule has 150 valence electrons. The van der Waals surface area contributed by atoms with Crippen molar-refractivity contribution in [2.75, 3.05) is 6.61 Å². The predicted octanol–water partition coefficient (Wildman–Crippen LogP) is 4.45. The smallest absolute Gasteiger partial charge is 0.408 e. The van der Waals surface area contributed by atoms with Gasteiger partial charge in [0, 0.05) is 5.92 Å². The fourth-order valence-corrected chi connectivity index (χ4v) is 4.83. The third-order valence-electron chi connectivity index (χ3n) is 6.27. The second kappa shape index (κ2) is 7.02. The molecule has 5 nitrogen and oxygen atoms in total. The molecule has 3 aromatic rings. The molecule has 2 aliphatic carbocycles. The van der Waals surface area contributed by atoms with Crippen molar-refractivity contribution in [1.82, 2.24) is 5.32 Å². The Bertz CT molecular complexity index is 1110. The number of benzene rings is 3. The number of aryl methyl sites for hydroxylation is 1. The molecule has 2 N–H and O–H groups in total. The van der Waals surface area contributed by atoms with Gasteiger partial charge in [-0.2, -0.15) is 0 Å². The van der Waals surface area contributed by atoms with Gasteiger partial charge in [0.1, 0.15) is 6.61 Å². The molecule has 30 heavy (non-hydrogen) atoms. The highest BCUT2D eigenvalue weighted by Gasteiger charge is 2.47. The number of ether oxygens (including phenoxy) is 1. The first-order chi connectivity index (χ1) is 14.6. The number of carboxylic acid groups (broad SMARTS) is 1. The van der Waals surface area contributed by atoms with Crippen molar-refractivity contribution in [2.24, 2.45) is 0 Å². The number of amides is 1. The van der Waals surface area contributed by atoms with Crippen molar-refractivity contribution < 1.29 is 19.4 Å². The van der Waals surface area contributed by atoms with Crippen LogP contribution < -0.4 is 5.32 Å². The molecule has 1 amide bonds. The Balaban J connectivity index is 1.37. The zero-order valence-electron chi connectivity index (χ0n) is 16.3. The summed E-state index contributed by atoms with van der Waals surface area (Å²) in [6.45, 7) is 0.150. The Morgan fingerprint density at radius 3 is 2.20 bits per heavy atom. The normalized spacial score (nSPS) is 18.9. The maximum absolute atomic E-state index is 12.7. The summed E-state index contributed by atoms with van der Waals surface area (Å²) >= 11 is 0. The standard InChI is InChI=1S/C25H21NO4/c27-23(28)25(14-13-16-7-1-6-12-22(16)25)26-24(29)30-15-21-19-10-4-2-8-17(19)18-9-3-5-11-20(18)21/h1-12,21H,13-15H2,(H,26,29)(H,27,28). The Morgan fingerprint density at radius 1 is 0.933 bits per heavy atom. The van der Waals surface area contributed by atoms with E-state index in [0.29, 0.717) is 18.4 Å².